The molecule has 0 amide bonds. The maximum atomic E-state index is 12.8. The number of H-pyrrole nitrogens is 1. The van der Waals surface area contributed by atoms with Crippen molar-refractivity contribution in [2.45, 2.75) is 51.9 Å². The third-order valence-corrected chi connectivity index (χ3v) is 5.55. The number of nitrogens with zero attached hydrogens (tertiary/aromatic N) is 1. The van der Waals surface area contributed by atoms with Gasteiger partial charge in [0.2, 0.25) is 0 Å². The van der Waals surface area contributed by atoms with E-state index in [4.69, 9.17) is 4.74 Å². The number of carbonyl (C=O) groups excluding carboxylic acids is 2. The number of anilines is 1. The molecule has 5 nitrogen and oxygen atoms in total. The zero-order chi connectivity index (χ0) is 20.3. The number of ether oxygens (including phenoxy) is 1. The highest BCUT2D eigenvalue weighted by atomic mass is 16.5. The van der Waals surface area contributed by atoms with Crippen molar-refractivity contribution in [1.82, 2.24) is 4.98 Å². The van der Waals surface area contributed by atoms with Gasteiger partial charge in [-0.25, -0.2) is 4.79 Å². The highest BCUT2D eigenvalue weighted by molar-refractivity contribution is 6.03. The number of nitrogens with one attached hydrogen (secondary N) is 1. The SMILES string of the molecule is CCCCCOC(=O)c1[nH]c2c(c1C)C(=O)C[C@@H](c1ccc(N(C)C)cc1)C2. The van der Waals surface area contributed by atoms with Crippen molar-refractivity contribution in [3.05, 3.63) is 52.3 Å². The predicted octanol–water partition coefficient (Wildman–Crippen LogP) is 4.65. The number of aromatic amines is 1. The largest absolute Gasteiger partial charge is 0.461 e. The number of fused-ring (bicyclic) bond motifs is 1. The number of carbonyl (C=O) groups is 2. The molecule has 1 aromatic carbocycles. The van der Waals surface area contributed by atoms with Gasteiger partial charge < -0.3 is 14.6 Å². The Morgan fingerprint density at radius 3 is 2.54 bits per heavy atom. The smallest absolute Gasteiger partial charge is 0.355 e. The number of esters is 1. The van der Waals surface area contributed by atoms with Gasteiger partial charge in [0, 0.05) is 37.5 Å². The monoisotopic (exact) mass is 382 g/mol. The molecule has 1 heterocycles. The van der Waals surface area contributed by atoms with Crippen LogP contribution in [0.4, 0.5) is 5.69 Å². The second-order valence-electron chi connectivity index (χ2n) is 7.84. The number of ketones is 1. The first kappa shape index (κ1) is 20.2. The van der Waals surface area contributed by atoms with E-state index in [-0.39, 0.29) is 17.7 Å². The minimum absolute atomic E-state index is 0.0988. The minimum atomic E-state index is -0.359. The van der Waals surface area contributed by atoms with Crippen LogP contribution in [0, 0.1) is 6.92 Å². The van der Waals surface area contributed by atoms with Gasteiger partial charge in [-0.05, 0) is 48.9 Å². The highest BCUT2D eigenvalue weighted by Gasteiger charge is 2.32. The van der Waals surface area contributed by atoms with Gasteiger partial charge in [0.05, 0.1) is 6.61 Å². The second-order valence-corrected chi connectivity index (χ2v) is 7.84. The lowest BCUT2D eigenvalue weighted by atomic mass is 9.81. The third kappa shape index (κ3) is 4.13. The van der Waals surface area contributed by atoms with Crippen molar-refractivity contribution in [1.29, 1.82) is 0 Å². The lowest BCUT2D eigenvalue weighted by Gasteiger charge is -2.23. The number of rotatable bonds is 7. The van der Waals surface area contributed by atoms with Crippen molar-refractivity contribution in [2.75, 3.05) is 25.6 Å². The Hall–Kier alpha value is -2.56. The standard InChI is InChI=1S/C23H30N2O3/c1-5-6-7-12-28-23(27)22-15(2)21-19(24-22)13-17(14-20(21)26)16-8-10-18(11-9-16)25(3)4/h8-11,17,24H,5-7,12-14H2,1-4H3/t17-/m0/s1. The molecule has 0 fully saturated rings. The molecule has 0 unspecified atom stereocenters. The summed E-state index contributed by atoms with van der Waals surface area (Å²) in [6.45, 7) is 4.37. The lowest BCUT2D eigenvalue weighted by molar-refractivity contribution is 0.0491. The Balaban J connectivity index is 1.77. The molecule has 0 radical (unpaired) electrons. The van der Waals surface area contributed by atoms with Gasteiger partial charge in [-0.1, -0.05) is 31.9 Å². The highest BCUT2D eigenvalue weighted by Crippen LogP contribution is 2.35. The van der Waals surface area contributed by atoms with Gasteiger partial charge in [0.25, 0.3) is 0 Å². The summed E-state index contributed by atoms with van der Waals surface area (Å²) < 4.78 is 5.38. The third-order valence-electron chi connectivity index (χ3n) is 5.55. The molecular weight excluding hydrogens is 352 g/mol. The number of benzene rings is 1. The van der Waals surface area contributed by atoms with Crippen LogP contribution in [-0.2, 0) is 11.2 Å². The van der Waals surface area contributed by atoms with E-state index in [1.807, 2.05) is 21.0 Å². The fourth-order valence-corrected chi connectivity index (χ4v) is 3.91. The van der Waals surface area contributed by atoms with Crippen LogP contribution in [0.15, 0.2) is 24.3 Å². The van der Waals surface area contributed by atoms with Crippen molar-refractivity contribution in [3.63, 3.8) is 0 Å². The van der Waals surface area contributed by atoms with Crippen molar-refractivity contribution in [2.24, 2.45) is 0 Å². The van der Waals surface area contributed by atoms with E-state index >= 15 is 0 Å². The molecule has 0 saturated heterocycles. The predicted molar refractivity (Wildman–Crippen MR) is 111 cm³/mol. The Bertz CT molecular complexity index is 849. The fraction of sp³-hybridized carbons (Fsp3) is 0.478. The number of aromatic nitrogens is 1. The van der Waals surface area contributed by atoms with Gasteiger partial charge in [0.15, 0.2) is 5.78 Å². The van der Waals surface area contributed by atoms with E-state index in [1.165, 1.54) is 0 Å². The molecule has 150 valence electrons. The summed E-state index contributed by atoms with van der Waals surface area (Å²) in [6.07, 6.45) is 4.19. The first-order valence-corrected chi connectivity index (χ1v) is 10.1. The van der Waals surface area contributed by atoms with Crippen molar-refractivity contribution < 1.29 is 14.3 Å². The van der Waals surface area contributed by atoms with Crippen LogP contribution in [0.25, 0.3) is 0 Å². The summed E-state index contributed by atoms with van der Waals surface area (Å²) in [6, 6.07) is 8.34. The van der Waals surface area contributed by atoms with Crippen LogP contribution >= 0.6 is 0 Å². The summed E-state index contributed by atoms with van der Waals surface area (Å²) in [7, 11) is 4.02. The van der Waals surface area contributed by atoms with E-state index < -0.39 is 0 Å². The van der Waals surface area contributed by atoms with E-state index in [1.54, 1.807) is 0 Å². The zero-order valence-corrected chi connectivity index (χ0v) is 17.3. The summed E-state index contributed by atoms with van der Waals surface area (Å²) >= 11 is 0. The molecule has 0 bridgehead atoms. The van der Waals surface area contributed by atoms with Crippen LogP contribution in [0.5, 0.6) is 0 Å². The Labute approximate surface area is 167 Å². The van der Waals surface area contributed by atoms with Crippen LogP contribution in [0.3, 0.4) is 0 Å². The molecule has 0 aliphatic heterocycles. The summed E-state index contributed by atoms with van der Waals surface area (Å²) in [5, 5.41) is 0. The molecule has 28 heavy (non-hydrogen) atoms. The van der Waals surface area contributed by atoms with Gasteiger partial charge in [-0.3, -0.25) is 4.79 Å². The Morgan fingerprint density at radius 2 is 1.89 bits per heavy atom. The molecule has 1 N–H and O–H groups in total. The number of hydrogen-bond acceptors (Lipinski definition) is 4. The average Bonchev–Trinajstić information content (AvgIpc) is 3.02. The Morgan fingerprint density at radius 1 is 1.18 bits per heavy atom. The van der Waals surface area contributed by atoms with Crippen molar-refractivity contribution in [3.8, 4) is 0 Å². The zero-order valence-electron chi connectivity index (χ0n) is 17.3. The van der Waals surface area contributed by atoms with Crippen LogP contribution in [-0.4, -0.2) is 37.4 Å². The van der Waals surface area contributed by atoms with Gasteiger partial charge >= 0.3 is 5.97 Å². The molecule has 1 aliphatic carbocycles. The van der Waals surface area contributed by atoms with Crippen LogP contribution in [0.2, 0.25) is 0 Å². The van der Waals surface area contributed by atoms with E-state index in [0.29, 0.717) is 24.3 Å². The molecule has 2 aromatic rings. The molecule has 1 atom stereocenters. The number of hydrogen-bond donors (Lipinski definition) is 1. The molecule has 0 saturated carbocycles. The quantitative estimate of drug-likeness (QED) is 0.559. The molecule has 1 aliphatic rings. The molecule has 5 heteroatoms. The van der Waals surface area contributed by atoms with E-state index in [2.05, 4.69) is 41.1 Å². The maximum absolute atomic E-state index is 12.8. The minimum Gasteiger partial charge on any atom is -0.461 e. The second kappa shape index (κ2) is 8.63. The maximum Gasteiger partial charge on any atom is 0.355 e. The first-order chi connectivity index (χ1) is 13.4. The van der Waals surface area contributed by atoms with Crippen LogP contribution < -0.4 is 4.90 Å². The molecule has 1 aromatic heterocycles. The number of Topliss-reactive ketones (excluding diaryl/α,β-unsaturated/α-hetero) is 1. The average molecular weight is 383 g/mol. The summed E-state index contributed by atoms with van der Waals surface area (Å²) in [5.74, 6) is -0.132. The van der Waals surface area contributed by atoms with Crippen LogP contribution in [0.1, 0.15) is 76.2 Å². The summed E-state index contributed by atoms with van der Waals surface area (Å²) in [5.41, 5.74) is 4.98. The van der Waals surface area contributed by atoms with Gasteiger partial charge in [-0.2, -0.15) is 0 Å². The fourth-order valence-electron chi connectivity index (χ4n) is 3.91. The number of unbranched alkanes of at least 4 members (excludes halogenated alkanes) is 2. The van der Waals surface area contributed by atoms with E-state index in [0.717, 1.165) is 48.2 Å². The Kier molecular flexibility index (Phi) is 6.22. The topological polar surface area (TPSA) is 62.4 Å². The molecule has 3 rings (SSSR count). The molecule has 0 spiro atoms. The van der Waals surface area contributed by atoms with Gasteiger partial charge in [-0.15, -0.1) is 0 Å². The van der Waals surface area contributed by atoms with Crippen molar-refractivity contribution >= 4 is 17.4 Å². The molecular formula is C23H30N2O3. The lowest BCUT2D eigenvalue weighted by Crippen LogP contribution is -2.18. The first-order valence-electron chi connectivity index (χ1n) is 10.1. The normalized spacial score (nSPS) is 16.0. The van der Waals surface area contributed by atoms with E-state index in [9.17, 15) is 9.59 Å². The summed E-state index contributed by atoms with van der Waals surface area (Å²) in [4.78, 5) is 30.5. The van der Waals surface area contributed by atoms with Gasteiger partial charge in [0.1, 0.15) is 5.69 Å².